The molecule has 0 radical (unpaired) electrons. The zero-order chi connectivity index (χ0) is 15.6. The molecule has 2 heterocycles. The van der Waals surface area contributed by atoms with Crippen LogP contribution < -0.4 is 5.32 Å². The van der Waals surface area contributed by atoms with Crippen molar-refractivity contribution in [2.24, 2.45) is 0 Å². The summed E-state index contributed by atoms with van der Waals surface area (Å²) in [5.74, 6) is 0.625. The number of piperidine rings is 1. The van der Waals surface area contributed by atoms with Crippen LogP contribution in [-0.2, 0) is 16.6 Å². The van der Waals surface area contributed by atoms with E-state index in [1.54, 1.807) is 10.4 Å². The molecule has 1 aromatic rings. The second-order valence-electron chi connectivity index (χ2n) is 5.59. The topological polar surface area (TPSA) is 62.6 Å². The number of hydrogen-bond acceptors (Lipinski definition) is 4. The lowest BCUT2D eigenvalue weighted by molar-refractivity contribution is 0.204. The fraction of sp³-hybridized carbons (Fsp3) is 0.714. The van der Waals surface area contributed by atoms with Gasteiger partial charge in [0.25, 0.3) is 0 Å². The summed E-state index contributed by atoms with van der Waals surface area (Å²) in [4.78, 5) is 0.232. The van der Waals surface area contributed by atoms with Gasteiger partial charge in [-0.05, 0) is 49.2 Å². The molecule has 0 amide bonds. The van der Waals surface area contributed by atoms with Crippen LogP contribution in [0, 0.1) is 0 Å². The van der Waals surface area contributed by atoms with Crippen molar-refractivity contribution >= 4 is 26.0 Å². The molecule has 0 aliphatic carbocycles. The molecule has 1 N–H and O–H groups in total. The van der Waals surface area contributed by atoms with Crippen molar-refractivity contribution < 1.29 is 12.8 Å². The van der Waals surface area contributed by atoms with Crippen molar-refractivity contribution in [3.8, 4) is 0 Å². The van der Waals surface area contributed by atoms with Crippen LogP contribution >= 0.6 is 15.9 Å². The highest BCUT2D eigenvalue weighted by atomic mass is 79.9. The average Bonchev–Trinajstić information content (AvgIpc) is 2.78. The van der Waals surface area contributed by atoms with Crippen LogP contribution in [0.5, 0.6) is 0 Å². The second kappa shape index (κ2) is 6.81. The Hall–Kier alpha value is -0.370. The lowest BCUT2D eigenvalue weighted by atomic mass is 10.0. The van der Waals surface area contributed by atoms with Crippen LogP contribution in [0.3, 0.4) is 0 Å². The van der Waals surface area contributed by atoms with Crippen LogP contribution in [0.15, 0.2) is 20.0 Å². The van der Waals surface area contributed by atoms with Crippen LogP contribution in [-0.4, -0.2) is 31.4 Å². The molecule has 0 unspecified atom stereocenters. The third kappa shape index (κ3) is 3.52. The Morgan fingerprint density at radius 1 is 1.38 bits per heavy atom. The maximum Gasteiger partial charge on any atom is 0.247 e. The van der Waals surface area contributed by atoms with Crippen LogP contribution in [0.4, 0.5) is 0 Å². The van der Waals surface area contributed by atoms with Crippen LogP contribution in [0.2, 0.25) is 0 Å². The fourth-order valence-electron chi connectivity index (χ4n) is 2.89. The molecule has 0 saturated carbocycles. The van der Waals surface area contributed by atoms with E-state index < -0.39 is 10.0 Å². The van der Waals surface area contributed by atoms with Gasteiger partial charge in [0, 0.05) is 18.2 Å². The standard InChI is InChI=1S/C14H23BrN2O3S/c1-4-16-9-12-8-13(14(15)20-12)21(18,19)17-10(2)6-5-7-11(17)3/h8,10-11,16H,4-7,9H2,1-3H3/t10-,11+. The molecule has 0 aromatic carbocycles. The van der Waals surface area contributed by atoms with Crippen molar-refractivity contribution in [2.45, 2.75) is 63.6 Å². The van der Waals surface area contributed by atoms with Gasteiger partial charge in [-0.25, -0.2) is 8.42 Å². The van der Waals surface area contributed by atoms with Gasteiger partial charge in [0.15, 0.2) is 4.67 Å². The van der Waals surface area contributed by atoms with Crippen LogP contribution in [0.1, 0.15) is 45.8 Å². The Kier molecular flexibility index (Phi) is 5.51. The summed E-state index contributed by atoms with van der Waals surface area (Å²) in [6, 6.07) is 1.67. The number of nitrogens with zero attached hydrogens (tertiary/aromatic N) is 1. The maximum absolute atomic E-state index is 12.9. The largest absolute Gasteiger partial charge is 0.452 e. The molecule has 2 atom stereocenters. The zero-order valence-electron chi connectivity index (χ0n) is 12.7. The number of sulfonamides is 1. The van der Waals surface area contributed by atoms with Crippen molar-refractivity contribution in [3.05, 3.63) is 16.5 Å². The van der Waals surface area contributed by atoms with Gasteiger partial charge in [-0.15, -0.1) is 0 Å². The first-order valence-corrected chi connectivity index (χ1v) is 9.63. The van der Waals surface area contributed by atoms with E-state index in [0.29, 0.717) is 17.0 Å². The van der Waals surface area contributed by atoms with E-state index in [-0.39, 0.29) is 17.0 Å². The lowest BCUT2D eigenvalue weighted by Crippen LogP contribution is -2.47. The number of hydrogen-bond donors (Lipinski definition) is 1. The number of furan rings is 1. The minimum Gasteiger partial charge on any atom is -0.452 e. The zero-order valence-corrected chi connectivity index (χ0v) is 15.1. The van der Waals surface area contributed by atoms with Gasteiger partial charge in [-0.3, -0.25) is 0 Å². The summed E-state index contributed by atoms with van der Waals surface area (Å²) < 4.78 is 33.3. The smallest absolute Gasteiger partial charge is 0.247 e. The van der Waals surface area contributed by atoms with E-state index in [1.165, 1.54) is 0 Å². The van der Waals surface area contributed by atoms with E-state index in [2.05, 4.69) is 21.2 Å². The molecule has 0 bridgehead atoms. The number of halogens is 1. The fourth-order valence-corrected chi connectivity index (χ4v) is 5.74. The predicted octanol–water partition coefficient (Wildman–Crippen LogP) is 3.10. The maximum atomic E-state index is 12.9. The molecule has 1 aromatic heterocycles. The highest BCUT2D eigenvalue weighted by Gasteiger charge is 2.37. The van der Waals surface area contributed by atoms with Gasteiger partial charge in [0.2, 0.25) is 10.0 Å². The van der Waals surface area contributed by atoms with Crippen molar-refractivity contribution in [1.82, 2.24) is 9.62 Å². The molecule has 1 fully saturated rings. The summed E-state index contributed by atoms with van der Waals surface area (Å²) in [6.45, 7) is 7.27. The number of nitrogens with one attached hydrogen (secondary N) is 1. The molecule has 7 heteroatoms. The van der Waals surface area contributed by atoms with E-state index in [1.807, 2.05) is 20.8 Å². The first kappa shape index (κ1) is 17.0. The summed E-state index contributed by atoms with van der Waals surface area (Å²) in [5, 5.41) is 3.13. The summed E-state index contributed by atoms with van der Waals surface area (Å²) in [7, 11) is -3.53. The van der Waals surface area contributed by atoms with Crippen molar-refractivity contribution in [1.29, 1.82) is 0 Å². The molecule has 1 saturated heterocycles. The molecular weight excluding hydrogens is 356 g/mol. The normalized spacial score (nSPS) is 24.4. The molecule has 5 nitrogen and oxygen atoms in total. The summed E-state index contributed by atoms with van der Waals surface area (Å²) in [5.41, 5.74) is 0. The SMILES string of the molecule is CCNCc1cc(S(=O)(=O)N2[C@H](C)CCC[C@@H]2C)c(Br)o1. The van der Waals surface area contributed by atoms with Gasteiger partial charge < -0.3 is 9.73 Å². The molecule has 2 rings (SSSR count). The van der Waals surface area contributed by atoms with Gasteiger partial charge in [0.1, 0.15) is 10.7 Å². The quantitative estimate of drug-likeness (QED) is 0.854. The van der Waals surface area contributed by atoms with E-state index in [4.69, 9.17) is 4.42 Å². The average molecular weight is 379 g/mol. The van der Waals surface area contributed by atoms with Gasteiger partial charge in [-0.2, -0.15) is 4.31 Å². The van der Waals surface area contributed by atoms with Gasteiger partial charge in [0.05, 0.1) is 6.54 Å². The molecule has 1 aliphatic heterocycles. The minimum atomic E-state index is -3.53. The Morgan fingerprint density at radius 2 is 2.00 bits per heavy atom. The Balaban J connectivity index is 2.32. The Bertz CT molecular complexity index is 575. The van der Waals surface area contributed by atoms with Gasteiger partial charge >= 0.3 is 0 Å². The van der Waals surface area contributed by atoms with Crippen LogP contribution in [0.25, 0.3) is 0 Å². The minimum absolute atomic E-state index is 0.0257. The first-order chi connectivity index (χ1) is 9.87. The lowest BCUT2D eigenvalue weighted by Gasteiger charge is -2.37. The van der Waals surface area contributed by atoms with E-state index >= 15 is 0 Å². The monoisotopic (exact) mass is 378 g/mol. The second-order valence-corrected chi connectivity index (χ2v) is 8.13. The molecule has 21 heavy (non-hydrogen) atoms. The van der Waals surface area contributed by atoms with Crippen molar-refractivity contribution in [2.75, 3.05) is 6.54 Å². The third-order valence-corrected chi connectivity index (χ3v) is 6.91. The molecule has 0 spiro atoms. The first-order valence-electron chi connectivity index (χ1n) is 7.40. The predicted molar refractivity (Wildman–Crippen MR) is 85.6 cm³/mol. The van der Waals surface area contributed by atoms with E-state index in [9.17, 15) is 8.42 Å². The summed E-state index contributed by atoms with van der Waals surface area (Å²) in [6.07, 6.45) is 2.89. The van der Waals surface area contributed by atoms with Crippen molar-refractivity contribution in [3.63, 3.8) is 0 Å². The highest BCUT2D eigenvalue weighted by molar-refractivity contribution is 9.10. The summed E-state index contributed by atoms with van der Waals surface area (Å²) >= 11 is 3.25. The highest BCUT2D eigenvalue weighted by Crippen LogP contribution is 2.34. The molecule has 1 aliphatic rings. The Labute approximate surface area is 135 Å². The van der Waals surface area contributed by atoms with E-state index in [0.717, 1.165) is 25.8 Å². The van der Waals surface area contributed by atoms with Gasteiger partial charge in [-0.1, -0.05) is 13.3 Å². The third-order valence-electron chi connectivity index (χ3n) is 3.92. The molecular formula is C14H23BrN2O3S. The Morgan fingerprint density at radius 3 is 2.57 bits per heavy atom. The number of rotatable bonds is 5. The molecule has 120 valence electrons.